The van der Waals surface area contributed by atoms with E-state index in [9.17, 15) is 14.7 Å². The molecule has 2 amide bonds. The third-order valence-corrected chi connectivity index (χ3v) is 17.8. The number of piperazine rings is 1. The molecule has 8 atom stereocenters. The van der Waals surface area contributed by atoms with Crippen LogP contribution in [0.3, 0.4) is 0 Å². The van der Waals surface area contributed by atoms with Gasteiger partial charge in [-0.1, -0.05) is 68.3 Å². The summed E-state index contributed by atoms with van der Waals surface area (Å²) >= 11 is 1.58. The Hall–Kier alpha value is -7.11. The number of amides is 2. The summed E-state index contributed by atoms with van der Waals surface area (Å²) < 4.78 is 51.2. The van der Waals surface area contributed by atoms with E-state index in [1.807, 2.05) is 63.5 Å². The number of carbonyl (C=O) groups is 2. The average molecular weight is 1080 g/mol. The molecule has 4 aromatic heterocycles. The molecule has 9 heterocycles. The molecule has 78 heavy (non-hydrogen) atoms. The number of benzene rings is 3. The predicted molar refractivity (Wildman–Crippen MR) is 292 cm³/mol. The molecule has 0 saturated carbocycles. The van der Waals surface area contributed by atoms with Crippen molar-refractivity contribution in [3.8, 4) is 45.9 Å². The molecule has 2 bridgehead atoms. The number of halogens is 2. The molecular weight excluding hydrogens is 1010 g/mol. The Morgan fingerprint density at radius 1 is 1.01 bits per heavy atom. The highest BCUT2D eigenvalue weighted by Gasteiger charge is 2.50. The van der Waals surface area contributed by atoms with Gasteiger partial charge in [0.05, 0.1) is 44.7 Å². The Morgan fingerprint density at radius 3 is 2.58 bits per heavy atom. The maximum Gasteiger partial charge on any atom is 0.319 e. The van der Waals surface area contributed by atoms with Gasteiger partial charge >= 0.3 is 6.01 Å². The van der Waals surface area contributed by atoms with Crippen molar-refractivity contribution in [2.75, 3.05) is 44.3 Å². The summed E-state index contributed by atoms with van der Waals surface area (Å²) in [6, 6.07) is 17.3. The van der Waals surface area contributed by atoms with Crippen molar-refractivity contribution in [2.24, 2.45) is 5.92 Å². The Morgan fingerprint density at radius 2 is 1.82 bits per heavy atom. The van der Waals surface area contributed by atoms with Gasteiger partial charge in [-0.05, 0) is 92.6 Å². The lowest BCUT2D eigenvalue weighted by Gasteiger charge is -2.35. The smallest absolute Gasteiger partial charge is 0.319 e. The summed E-state index contributed by atoms with van der Waals surface area (Å²) in [6.45, 7) is 10.5. The van der Waals surface area contributed by atoms with Gasteiger partial charge in [0.15, 0.2) is 11.6 Å². The second-order valence-electron chi connectivity index (χ2n) is 22.1. The fraction of sp³-hybridized carbons (Fsp3) is 0.441. The van der Waals surface area contributed by atoms with Crippen LogP contribution in [0.4, 0.5) is 14.6 Å². The second-order valence-corrected chi connectivity index (χ2v) is 23.0. The van der Waals surface area contributed by atoms with Crippen LogP contribution in [0.2, 0.25) is 0 Å². The number of aromatic nitrogens is 5. The maximum absolute atomic E-state index is 17.3. The summed E-state index contributed by atoms with van der Waals surface area (Å²) in [7, 11) is 0. The zero-order valence-corrected chi connectivity index (χ0v) is 44.9. The maximum atomic E-state index is 17.3. The van der Waals surface area contributed by atoms with Crippen LogP contribution in [0, 0.1) is 36.8 Å². The van der Waals surface area contributed by atoms with Crippen LogP contribution in [0.1, 0.15) is 100 Å². The summed E-state index contributed by atoms with van der Waals surface area (Å²) in [5, 5.41) is 23.4. The van der Waals surface area contributed by atoms with Crippen LogP contribution < -0.4 is 25.0 Å². The number of ether oxygens (including phenoxy) is 2. The number of hydrogen-bond donors (Lipinski definition) is 3. The fourth-order valence-corrected chi connectivity index (χ4v) is 13.8. The van der Waals surface area contributed by atoms with Crippen LogP contribution in [0.25, 0.3) is 43.4 Å². The molecule has 16 nitrogen and oxygen atoms in total. The number of rotatable bonds is 15. The molecule has 3 aromatic carbocycles. The van der Waals surface area contributed by atoms with Gasteiger partial charge in [0, 0.05) is 67.4 Å². The molecule has 3 N–H and O–H groups in total. The first kappa shape index (κ1) is 51.6. The van der Waals surface area contributed by atoms with E-state index in [1.54, 1.807) is 41.8 Å². The molecule has 5 saturated heterocycles. The molecule has 0 aliphatic carbocycles. The number of nitrogens with zero attached hydrogens (tertiary/aromatic N) is 8. The van der Waals surface area contributed by atoms with E-state index in [-0.39, 0.29) is 95.7 Å². The molecule has 5 aliphatic rings. The van der Waals surface area contributed by atoms with Crippen molar-refractivity contribution in [3.05, 3.63) is 107 Å². The zero-order chi connectivity index (χ0) is 54.0. The lowest BCUT2D eigenvalue weighted by Crippen LogP contribution is -2.51. The molecule has 5 fully saturated rings. The predicted octanol–water partition coefficient (Wildman–Crippen LogP) is 8.50. The summed E-state index contributed by atoms with van der Waals surface area (Å²) in [4.78, 5) is 54.3. The Kier molecular flexibility index (Phi) is 13.9. The van der Waals surface area contributed by atoms with Crippen molar-refractivity contribution < 1.29 is 37.5 Å². The number of carbonyl (C=O) groups excluding carboxylic acids is 2. The normalized spacial score (nSPS) is 23.8. The minimum Gasteiger partial charge on any atom is -0.474 e. The van der Waals surface area contributed by atoms with Crippen molar-refractivity contribution in [1.29, 1.82) is 0 Å². The Bertz CT molecular complexity index is 3460. The summed E-state index contributed by atoms with van der Waals surface area (Å²) in [5.74, 6) is 0.642. The largest absolute Gasteiger partial charge is 0.474 e. The molecular formula is C59H62F2N10O6S. The second kappa shape index (κ2) is 20.9. The molecule has 5 aliphatic heterocycles. The van der Waals surface area contributed by atoms with Gasteiger partial charge in [-0.3, -0.25) is 19.5 Å². The molecule has 2 unspecified atom stereocenters. The number of aliphatic hydroxyl groups excluding tert-OH is 1. The number of aryl methyl sites for hydroxylation is 1. The number of fused-ring (bicyclic) bond motifs is 5. The molecule has 7 aromatic rings. The number of terminal acetylenes is 1. The fourth-order valence-electron chi connectivity index (χ4n) is 12.9. The number of likely N-dealkylation sites (tertiary alicyclic amines) is 1. The first-order chi connectivity index (χ1) is 37.7. The van der Waals surface area contributed by atoms with Gasteiger partial charge in [0.1, 0.15) is 48.0 Å². The zero-order valence-electron chi connectivity index (χ0n) is 44.0. The van der Waals surface area contributed by atoms with Gasteiger partial charge in [-0.25, -0.2) is 13.8 Å². The lowest BCUT2D eigenvalue weighted by atomic mass is 9.91. The first-order valence-corrected chi connectivity index (χ1v) is 28.0. The number of thiazole rings is 1. The van der Waals surface area contributed by atoms with Crippen LogP contribution >= 0.6 is 11.3 Å². The molecule has 19 heteroatoms. The number of hydrogen-bond acceptors (Lipinski definition) is 15. The SMILES string of the molecule is C#Cc1c(F)ccc2cccc(-c3ncc4c(N5CC6CCC(C5)N6)nc(OC[C@@]56CCCN5[C@H](COc5cc([C@@H](C(=O)N7C[C@H](O)C[C@H]7C(=O)N[C@@H](C)c7ccc(-c8scnc8C)cc7)C(C)C)on5)CC6)nc4c3F)c12. The van der Waals surface area contributed by atoms with Crippen LogP contribution in [0.15, 0.2) is 76.9 Å². The third kappa shape index (κ3) is 9.49. The number of pyridine rings is 1. The lowest BCUT2D eigenvalue weighted by molar-refractivity contribution is -0.141. The highest BCUT2D eigenvalue weighted by Crippen LogP contribution is 2.44. The van der Waals surface area contributed by atoms with Gasteiger partial charge in [0.25, 0.3) is 5.88 Å². The number of aliphatic hydroxyl groups is 1. The van der Waals surface area contributed by atoms with E-state index < -0.39 is 29.7 Å². The topological polar surface area (TPSA) is 184 Å². The van der Waals surface area contributed by atoms with E-state index in [1.165, 1.54) is 11.0 Å². The van der Waals surface area contributed by atoms with Gasteiger partial charge < -0.3 is 39.5 Å². The standard InChI is InChI=1S/C59H62F2N10O6S/c1-6-42-45(60)18-15-36-9-7-10-43(50(36)42)52-51(61)53-44(25-62-52)55(69-26-38-16-17-39(27-69)65-38)67-58(66-53)76-30-59-20-8-22-71(59)40(19-21-59)29-75-48-24-47(77-68-48)49(32(2)3)57(74)70-28-41(72)23-46(70)56(73)64-33(4)35-11-13-37(14-12-35)54-34(5)63-31-78-54/h1,7,9-15,18,24-25,31-33,38-41,46,49,65,72H,8,16-17,19-23,26-30H2,2-5H3,(H,64,73)/t33-,38?,39?,40-,41+,46-,49-,59-/m0/s1. The van der Waals surface area contributed by atoms with E-state index in [0.717, 1.165) is 66.8 Å². The van der Waals surface area contributed by atoms with Crippen molar-refractivity contribution in [3.63, 3.8) is 0 Å². The van der Waals surface area contributed by atoms with E-state index in [4.69, 9.17) is 30.4 Å². The minimum absolute atomic E-state index is 0.00243. The van der Waals surface area contributed by atoms with Gasteiger partial charge in [0.2, 0.25) is 11.8 Å². The van der Waals surface area contributed by atoms with Crippen LogP contribution in [0.5, 0.6) is 11.9 Å². The van der Waals surface area contributed by atoms with E-state index >= 15 is 8.78 Å². The van der Waals surface area contributed by atoms with Gasteiger partial charge in [-0.15, -0.1) is 17.8 Å². The number of anilines is 1. The van der Waals surface area contributed by atoms with Crippen molar-refractivity contribution >= 4 is 50.6 Å². The quantitative estimate of drug-likeness (QED) is 0.0831. The third-order valence-electron chi connectivity index (χ3n) is 16.9. The van der Waals surface area contributed by atoms with Crippen molar-refractivity contribution in [2.45, 2.75) is 120 Å². The molecule has 0 spiro atoms. The van der Waals surface area contributed by atoms with E-state index in [2.05, 4.69) is 41.5 Å². The van der Waals surface area contributed by atoms with Gasteiger partial charge in [-0.2, -0.15) is 9.97 Å². The molecule has 0 radical (unpaired) electrons. The number of β-amino-alcohol motifs (C(OH)–C–C–N with tert-alkyl or cyclic N) is 1. The van der Waals surface area contributed by atoms with E-state index in [0.29, 0.717) is 53.0 Å². The summed E-state index contributed by atoms with van der Waals surface area (Å²) in [6.07, 6.45) is 12.2. The van der Waals surface area contributed by atoms with Crippen LogP contribution in [-0.2, 0) is 9.59 Å². The minimum atomic E-state index is -0.873. The Balaban J connectivity index is 0.731. The first-order valence-electron chi connectivity index (χ1n) is 27.1. The van der Waals surface area contributed by atoms with Crippen molar-refractivity contribution in [1.82, 2.24) is 45.5 Å². The monoisotopic (exact) mass is 1080 g/mol. The molecule has 12 rings (SSSR count). The van der Waals surface area contributed by atoms with Crippen LogP contribution in [-0.4, -0.2) is 127 Å². The highest BCUT2D eigenvalue weighted by atomic mass is 32.1. The average Bonchev–Trinajstić information content (AvgIpc) is 4.41. The number of nitrogens with one attached hydrogen (secondary N) is 2. The highest BCUT2D eigenvalue weighted by molar-refractivity contribution is 7.13. The molecule has 404 valence electrons. The Labute approximate surface area is 454 Å². The summed E-state index contributed by atoms with van der Waals surface area (Å²) in [5.41, 5.74) is 4.86.